The van der Waals surface area contributed by atoms with Crippen LogP contribution in [0.25, 0.3) is 0 Å². The molecular formula is C21H18NO7-. The van der Waals surface area contributed by atoms with Crippen molar-refractivity contribution in [2.45, 2.75) is 13.0 Å². The summed E-state index contributed by atoms with van der Waals surface area (Å²) < 4.78 is 10.5. The van der Waals surface area contributed by atoms with Crippen LogP contribution >= 0.6 is 0 Å². The molecule has 0 saturated carbocycles. The number of carbonyl (C=O) groups excluding carboxylic acids is 2. The third kappa shape index (κ3) is 3.40. The van der Waals surface area contributed by atoms with Crippen LogP contribution in [0.15, 0.2) is 53.8 Å². The first-order valence-electron chi connectivity index (χ1n) is 8.61. The van der Waals surface area contributed by atoms with Gasteiger partial charge in [0.1, 0.15) is 0 Å². The minimum atomic E-state index is -1.18. The Kier molecular flexibility index (Phi) is 5.27. The number of nitrogens with zero attached hydrogens (tertiary/aromatic N) is 1. The number of benzene rings is 2. The van der Waals surface area contributed by atoms with E-state index < -0.39 is 29.5 Å². The molecule has 0 radical (unpaired) electrons. The Morgan fingerprint density at radius 2 is 1.76 bits per heavy atom. The van der Waals surface area contributed by atoms with Crippen LogP contribution in [0.2, 0.25) is 0 Å². The number of carboxylic acids is 1. The molecule has 0 aliphatic carbocycles. The van der Waals surface area contributed by atoms with Crippen molar-refractivity contribution in [2.24, 2.45) is 0 Å². The van der Waals surface area contributed by atoms with Crippen LogP contribution < -0.4 is 19.5 Å². The van der Waals surface area contributed by atoms with Gasteiger partial charge < -0.3 is 19.7 Å². The number of hydrogen-bond donors (Lipinski definition) is 1. The van der Waals surface area contributed by atoms with E-state index in [-0.39, 0.29) is 16.8 Å². The molecule has 1 aliphatic heterocycles. The minimum absolute atomic E-state index is 0.0508. The number of rotatable bonds is 6. The molecule has 1 amide bonds. The van der Waals surface area contributed by atoms with Crippen molar-refractivity contribution in [3.8, 4) is 11.5 Å². The van der Waals surface area contributed by atoms with Gasteiger partial charge in [-0.2, -0.15) is 0 Å². The summed E-state index contributed by atoms with van der Waals surface area (Å²) in [7, 11) is 2.91. The standard InChI is InChI=1S/C21H19NO7/c1-11(23)17-18(12-7-8-15(28-2)16(10-12)29-3)22(20(25)19(17)24)14-6-4-5-13(9-14)21(26)27/h4-10,18,24H,1-3H3,(H,26,27)/p-1/t18-/m1/s1. The summed E-state index contributed by atoms with van der Waals surface area (Å²) in [6.45, 7) is 1.21. The maximum absolute atomic E-state index is 12.8. The molecule has 1 N–H and O–H groups in total. The van der Waals surface area contributed by atoms with Gasteiger partial charge in [0.2, 0.25) is 5.91 Å². The Morgan fingerprint density at radius 1 is 1.07 bits per heavy atom. The SMILES string of the molecule is COc1ccc([C@@H]2C(C(C)=O)=C([O-])C(=O)N2c2cccc(C(=O)O)c2)cc1OC. The van der Waals surface area contributed by atoms with E-state index in [1.807, 2.05) is 0 Å². The number of aromatic carboxylic acids is 1. The van der Waals surface area contributed by atoms with Crippen molar-refractivity contribution in [1.29, 1.82) is 0 Å². The van der Waals surface area contributed by atoms with Crippen molar-refractivity contribution in [3.05, 3.63) is 64.9 Å². The number of methoxy groups -OCH3 is 2. The van der Waals surface area contributed by atoms with Crippen LogP contribution in [0, 0.1) is 0 Å². The zero-order valence-electron chi connectivity index (χ0n) is 16.0. The fraction of sp³-hybridized carbons (Fsp3) is 0.190. The highest BCUT2D eigenvalue weighted by Crippen LogP contribution is 2.42. The molecule has 0 bridgehead atoms. The second-order valence-electron chi connectivity index (χ2n) is 6.35. The molecule has 1 aliphatic rings. The monoisotopic (exact) mass is 396 g/mol. The van der Waals surface area contributed by atoms with Gasteiger partial charge in [0.25, 0.3) is 0 Å². The van der Waals surface area contributed by atoms with Crippen molar-refractivity contribution in [3.63, 3.8) is 0 Å². The van der Waals surface area contributed by atoms with Crippen LogP contribution in [-0.4, -0.2) is 37.0 Å². The average Bonchev–Trinajstić information content (AvgIpc) is 2.98. The number of carbonyl (C=O) groups is 3. The van der Waals surface area contributed by atoms with Gasteiger partial charge in [0, 0.05) is 11.3 Å². The molecule has 2 aromatic rings. The molecule has 29 heavy (non-hydrogen) atoms. The van der Waals surface area contributed by atoms with Crippen molar-refractivity contribution >= 4 is 23.3 Å². The van der Waals surface area contributed by atoms with Crippen LogP contribution in [0.4, 0.5) is 5.69 Å². The molecule has 0 unspecified atom stereocenters. The minimum Gasteiger partial charge on any atom is -0.868 e. The fourth-order valence-electron chi connectivity index (χ4n) is 3.34. The van der Waals surface area contributed by atoms with Gasteiger partial charge in [0.15, 0.2) is 17.3 Å². The van der Waals surface area contributed by atoms with E-state index in [1.54, 1.807) is 18.2 Å². The van der Waals surface area contributed by atoms with Gasteiger partial charge in [-0.25, -0.2) is 4.79 Å². The summed E-state index contributed by atoms with van der Waals surface area (Å²) in [6, 6.07) is 9.41. The van der Waals surface area contributed by atoms with Gasteiger partial charge >= 0.3 is 5.97 Å². The largest absolute Gasteiger partial charge is 0.868 e. The third-order valence-corrected chi connectivity index (χ3v) is 4.66. The Bertz CT molecular complexity index is 1040. The highest BCUT2D eigenvalue weighted by atomic mass is 16.5. The van der Waals surface area contributed by atoms with E-state index in [0.717, 1.165) is 4.90 Å². The fourth-order valence-corrected chi connectivity index (χ4v) is 3.34. The molecule has 1 atom stereocenters. The molecule has 8 nitrogen and oxygen atoms in total. The molecule has 0 saturated heterocycles. The summed E-state index contributed by atoms with van der Waals surface area (Å²) in [5.41, 5.74) is 0.403. The molecule has 1 heterocycles. The van der Waals surface area contributed by atoms with E-state index in [9.17, 15) is 24.6 Å². The smallest absolute Gasteiger partial charge is 0.335 e. The first kappa shape index (κ1) is 19.9. The number of carboxylic acid groups (broad SMARTS) is 1. The van der Waals surface area contributed by atoms with Crippen LogP contribution in [0.3, 0.4) is 0 Å². The van der Waals surface area contributed by atoms with Crippen molar-refractivity contribution in [2.75, 3.05) is 19.1 Å². The van der Waals surface area contributed by atoms with Crippen LogP contribution in [-0.2, 0) is 9.59 Å². The molecule has 0 spiro atoms. The first-order valence-corrected chi connectivity index (χ1v) is 8.61. The van der Waals surface area contributed by atoms with Crippen molar-refractivity contribution in [1.82, 2.24) is 0 Å². The third-order valence-electron chi connectivity index (χ3n) is 4.66. The topological polar surface area (TPSA) is 116 Å². The average molecular weight is 396 g/mol. The summed E-state index contributed by atoms with van der Waals surface area (Å²) in [6.07, 6.45) is 0. The Balaban J connectivity index is 2.21. The number of Topliss-reactive ketones (excluding diaryl/α,β-unsaturated/α-hetero) is 1. The van der Waals surface area contributed by atoms with Gasteiger partial charge in [0.05, 0.1) is 25.8 Å². The zero-order valence-corrected chi connectivity index (χ0v) is 16.0. The number of amides is 1. The lowest BCUT2D eigenvalue weighted by molar-refractivity contribution is -0.298. The second-order valence-corrected chi connectivity index (χ2v) is 6.35. The molecule has 8 heteroatoms. The molecular weight excluding hydrogens is 378 g/mol. The molecule has 3 rings (SSSR count). The second kappa shape index (κ2) is 7.67. The van der Waals surface area contributed by atoms with Gasteiger partial charge in [-0.15, -0.1) is 0 Å². The Morgan fingerprint density at radius 3 is 2.34 bits per heavy atom. The predicted molar refractivity (Wildman–Crippen MR) is 101 cm³/mol. The van der Waals surface area contributed by atoms with E-state index in [4.69, 9.17) is 9.47 Å². The summed E-state index contributed by atoms with van der Waals surface area (Å²) in [5.74, 6) is -2.74. The molecule has 150 valence electrons. The lowest BCUT2D eigenvalue weighted by Crippen LogP contribution is -2.32. The number of hydrogen-bond acceptors (Lipinski definition) is 6. The molecule has 0 aromatic heterocycles. The number of ketones is 1. The van der Waals surface area contributed by atoms with E-state index in [0.29, 0.717) is 17.1 Å². The maximum Gasteiger partial charge on any atom is 0.335 e. The molecule has 0 fully saturated rings. The zero-order chi connectivity index (χ0) is 21.3. The lowest BCUT2D eigenvalue weighted by atomic mass is 9.96. The van der Waals surface area contributed by atoms with Crippen LogP contribution in [0.5, 0.6) is 11.5 Å². The first-order chi connectivity index (χ1) is 13.8. The number of ether oxygens (including phenoxy) is 2. The normalized spacial score (nSPS) is 16.2. The Labute approximate surface area is 166 Å². The van der Waals surface area contributed by atoms with Gasteiger partial charge in [-0.3, -0.25) is 14.5 Å². The maximum atomic E-state index is 12.8. The van der Waals surface area contributed by atoms with Crippen LogP contribution in [0.1, 0.15) is 28.9 Å². The lowest BCUT2D eigenvalue weighted by Gasteiger charge is -2.28. The highest BCUT2D eigenvalue weighted by molar-refractivity contribution is 6.16. The molecule has 2 aromatic carbocycles. The Hall–Kier alpha value is -3.81. The quantitative estimate of drug-likeness (QED) is 0.790. The van der Waals surface area contributed by atoms with Gasteiger partial charge in [-0.05, 0) is 48.6 Å². The van der Waals surface area contributed by atoms with E-state index in [2.05, 4.69) is 0 Å². The summed E-state index contributed by atoms with van der Waals surface area (Å²) in [4.78, 5) is 37.5. The highest BCUT2D eigenvalue weighted by Gasteiger charge is 2.39. The van der Waals surface area contributed by atoms with Gasteiger partial charge in [-0.1, -0.05) is 12.1 Å². The summed E-state index contributed by atoms with van der Waals surface area (Å²) >= 11 is 0. The predicted octanol–water partition coefficient (Wildman–Crippen LogP) is 1.69. The van der Waals surface area contributed by atoms with E-state index in [1.165, 1.54) is 45.4 Å². The van der Waals surface area contributed by atoms with Crippen molar-refractivity contribution < 1.29 is 34.1 Å². The van der Waals surface area contributed by atoms with E-state index >= 15 is 0 Å². The number of anilines is 1. The summed E-state index contributed by atoms with van der Waals surface area (Å²) in [5, 5.41) is 21.8.